The molecule has 0 amide bonds. The van der Waals surface area contributed by atoms with E-state index in [-0.39, 0.29) is 0 Å². The molecule has 3 N–H and O–H groups in total. The van der Waals surface area contributed by atoms with Crippen molar-refractivity contribution < 1.29 is 0 Å². The lowest BCUT2D eigenvalue weighted by molar-refractivity contribution is 0.383. The van der Waals surface area contributed by atoms with Gasteiger partial charge in [-0.1, -0.05) is 12.1 Å². The molecule has 0 radical (unpaired) electrons. The number of hydrogen-bond acceptors (Lipinski definition) is 2. The minimum Gasteiger partial charge on any atom is -0.399 e. The second kappa shape index (κ2) is 2.79. The summed E-state index contributed by atoms with van der Waals surface area (Å²) in [5, 5.41) is 3.35. The average Bonchev–Trinajstić information content (AvgIpc) is 1.93. The lowest BCUT2D eigenvalue weighted by Gasteiger charge is -2.28. The van der Waals surface area contributed by atoms with Crippen LogP contribution >= 0.6 is 0 Å². The first-order valence-corrected chi connectivity index (χ1v) is 4.37. The molecule has 1 saturated heterocycles. The van der Waals surface area contributed by atoms with Crippen LogP contribution in [0.1, 0.15) is 23.6 Å². The Labute approximate surface area is 72.8 Å². The molecular formula is C10H14N2. The van der Waals surface area contributed by atoms with Crippen LogP contribution in [-0.2, 0) is 0 Å². The van der Waals surface area contributed by atoms with E-state index in [0.717, 1.165) is 17.8 Å². The van der Waals surface area contributed by atoms with Gasteiger partial charge >= 0.3 is 0 Å². The van der Waals surface area contributed by atoms with Crippen molar-refractivity contribution in [1.82, 2.24) is 5.32 Å². The highest BCUT2D eigenvalue weighted by Crippen LogP contribution is 2.25. The minimum atomic E-state index is 0.549. The molecule has 2 rings (SSSR count). The third-order valence-electron chi connectivity index (χ3n) is 2.53. The van der Waals surface area contributed by atoms with E-state index in [2.05, 4.69) is 23.5 Å². The lowest BCUT2D eigenvalue weighted by Crippen LogP contribution is -2.34. The zero-order valence-electron chi connectivity index (χ0n) is 7.30. The summed E-state index contributed by atoms with van der Waals surface area (Å²) < 4.78 is 0. The zero-order chi connectivity index (χ0) is 8.55. The van der Waals surface area contributed by atoms with Gasteiger partial charge in [0.1, 0.15) is 0 Å². The molecule has 0 aromatic heterocycles. The molecule has 0 aliphatic carbocycles. The predicted octanol–water partition coefficient (Wildman–Crippen LogP) is 1.61. The van der Waals surface area contributed by atoms with Crippen LogP contribution in [0.2, 0.25) is 0 Å². The van der Waals surface area contributed by atoms with Crippen molar-refractivity contribution in [2.24, 2.45) is 0 Å². The predicted molar refractivity (Wildman–Crippen MR) is 51.0 cm³/mol. The number of rotatable bonds is 1. The van der Waals surface area contributed by atoms with Crippen LogP contribution in [0.4, 0.5) is 5.69 Å². The van der Waals surface area contributed by atoms with Gasteiger partial charge in [-0.25, -0.2) is 0 Å². The molecule has 1 aliphatic heterocycles. The zero-order valence-corrected chi connectivity index (χ0v) is 7.30. The van der Waals surface area contributed by atoms with Crippen LogP contribution in [0.15, 0.2) is 18.2 Å². The molecule has 1 heterocycles. The highest BCUT2D eigenvalue weighted by atomic mass is 15.0. The maximum Gasteiger partial charge on any atom is 0.0347 e. The number of nitrogens with one attached hydrogen (secondary N) is 1. The SMILES string of the molecule is Cc1ccc([C@@H]2CCN2)cc1N. The highest BCUT2D eigenvalue weighted by Gasteiger charge is 2.18. The van der Waals surface area contributed by atoms with E-state index in [9.17, 15) is 0 Å². The van der Waals surface area contributed by atoms with Gasteiger partial charge in [0.25, 0.3) is 0 Å². The number of anilines is 1. The molecule has 0 unspecified atom stereocenters. The summed E-state index contributed by atoms with van der Waals surface area (Å²) in [5.41, 5.74) is 9.20. The Kier molecular flexibility index (Phi) is 1.77. The van der Waals surface area contributed by atoms with Crippen LogP contribution in [0.3, 0.4) is 0 Å². The van der Waals surface area contributed by atoms with Gasteiger partial charge in [-0.2, -0.15) is 0 Å². The van der Waals surface area contributed by atoms with Gasteiger partial charge in [-0.3, -0.25) is 0 Å². The van der Waals surface area contributed by atoms with Crippen molar-refractivity contribution >= 4 is 5.69 Å². The Morgan fingerprint density at radius 3 is 2.75 bits per heavy atom. The van der Waals surface area contributed by atoms with Crippen molar-refractivity contribution in [3.8, 4) is 0 Å². The van der Waals surface area contributed by atoms with E-state index in [4.69, 9.17) is 5.73 Å². The number of hydrogen-bond donors (Lipinski definition) is 2. The van der Waals surface area contributed by atoms with E-state index in [1.54, 1.807) is 0 Å². The summed E-state index contributed by atoms with van der Waals surface area (Å²) in [6.07, 6.45) is 1.24. The first-order valence-electron chi connectivity index (χ1n) is 4.37. The molecule has 0 saturated carbocycles. The Balaban J connectivity index is 2.27. The summed E-state index contributed by atoms with van der Waals surface area (Å²) in [7, 11) is 0. The molecule has 1 atom stereocenters. The van der Waals surface area contributed by atoms with Crippen molar-refractivity contribution in [2.75, 3.05) is 12.3 Å². The monoisotopic (exact) mass is 162 g/mol. The molecule has 64 valence electrons. The molecule has 1 aromatic carbocycles. The van der Waals surface area contributed by atoms with Crippen molar-refractivity contribution in [3.05, 3.63) is 29.3 Å². The van der Waals surface area contributed by atoms with Crippen LogP contribution in [0.5, 0.6) is 0 Å². The largest absolute Gasteiger partial charge is 0.399 e. The first-order chi connectivity index (χ1) is 5.77. The van der Waals surface area contributed by atoms with Gasteiger partial charge in [-0.15, -0.1) is 0 Å². The molecule has 1 aliphatic rings. The molecule has 2 nitrogen and oxygen atoms in total. The van der Waals surface area contributed by atoms with Crippen molar-refractivity contribution in [1.29, 1.82) is 0 Å². The molecule has 1 fully saturated rings. The quantitative estimate of drug-likeness (QED) is 0.616. The van der Waals surface area contributed by atoms with E-state index in [1.807, 2.05) is 6.92 Å². The summed E-state index contributed by atoms with van der Waals surface area (Å²) >= 11 is 0. The maximum absolute atomic E-state index is 5.81. The minimum absolute atomic E-state index is 0.549. The van der Waals surface area contributed by atoms with E-state index in [0.29, 0.717) is 6.04 Å². The lowest BCUT2D eigenvalue weighted by atomic mass is 9.96. The second-order valence-corrected chi connectivity index (χ2v) is 3.41. The van der Waals surface area contributed by atoms with Gasteiger partial charge in [0.15, 0.2) is 0 Å². The van der Waals surface area contributed by atoms with Gasteiger partial charge in [0.2, 0.25) is 0 Å². The molecule has 0 bridgehead atoms. The van der Waals surface area contributed by atoms with Gasteiger partial charge in [0.05, 0.1) is 0 Å². The normalized spacial score (nSPS) is 21.9. The molecule has 12 heavy (non-hydrogen) atoms. The fourth-order valence-corrected chi connectivity index (χ4v) is 1.45. The van der Waals surface area contributed by atoms with Crippen molar-refractivity contribution in [2.45, 2.75) is 19.4 Å². The smallest absolute Gasteiger partial charge is 0.0347 e. The molecule has 0 spiro atoms. The summed E-state index contributed by atoms with van der Waals surface area (Å²) in [6, 6.07) is 6.87. The fraction of sp³-hybridized carbons (Fsp3) is 0.400. The Morgan fingerprint density at radius 2 is 2.25 bits per heavy atom. The molecular weight excluding hydrogens is 148 g/mol. The van der Waals surface area contributed by atoms with Gasteiger partial charge in [-0.05, 0) is 37.1 Å². The second-order valence-electron chi connectivity index (χ2n) is 3.41. The Hall–Kier alpha value is -1.02. The molecule has 1 aromatic rings. The van der Waals surface area contributed by atoms with E-state index < -0.39 is 0 Å². The van der Waals surface area contributed by atoms with Crippen LogP contribution in [0, 0.1) is 6.92 Å². The number of nitrogen functional groups attached to an aromatic ring is 1. The standard InChI is InChI=1S/C10H14N2/c1-7-2-3-8(6-9(7)11)10-4-5-12-10/h2-3,6,10,12H,4-5,11H2,1H3/t10-/m0/s1. The highest BCUT2D eigenvalue weighted by molar-refractivity contribution is 5.49. The topological polar surface area (TPSA) is 38.0 Å². The van der Waals surface area contributed by atoms with Gasteiger partial charge in [0, 0.05) is 11.7 Å². The maximum atomic E-state index is 5.81. The number of benzene rings is 1. The fourth-order valence-electron chi connectivity index (χ4n) is 1.45. The third kappa shape index (κ3) is 1.18. The summed E-state index contributed by atoms with van der Waals surface area (Å²) in [6.45, 7) is 3.17. The van der Waals surface area contributed by atoms with E-state index in [1.165, 1.54) is 12.0 Å². The third-order valence-corrected chi connectivity index (χ3v) is 2.53. The molecule has 2 heteroatoms. The summed E-state index contributed by atoms with van der Waals surface area (Å²) in [5.74, 6) is 0. The Bertz CT molecular complexity index is 290. The number of nitrogens with two attached hydrogens (primary N) is 1. The van der Waals surface area contributed by atoms with Crippen LogP contribution in [0.25, 0.3) is 0 Å². The van der Waals surface area contributed by atoms with E-state index >= 15 is 0 Å². The Morgan fingerprint density at radius 1 is 1.50 bits per heavy atom. The number of aryl methyl sites for hydroxylation is 1. The summed E-state index contributed by atoms with van der Waals surface area (Å²) in [4.78, 5) is 0. The van der Waals surface area contributed by atoms with Crippen molar-refractivity contribution in [3.63, 3.8) is 0 Å². The van der Waals surface area contributed by atoms with Gasteiger partial charge < -0.3 is 11.1 Å². The van der Waals surface area contributed by atoms with Crippen LogP contribution in [-0.4, -0.2) is 6.54 Å². The average molecular weight is 162 g/mol. The van der Waals surface area contributed by atoms with Crippen LogP contribution < -0.4 is 11.1 Å². The first kappa shape index (κ1) is 7.62.